The molecule has 4 nitrogen and oxygen atoms in total. The van der Waals surface area contributed by atoms with Crippen molar-refractivity contribution in [1.82, 2.24) is 4.90 Å². The number of likely N-dealkylation sites (tertiary alicyclic amines) is 1. The minimum Gasteiger partial charge on any atom is -0.496 e. The van der Waals surface area contributed by atoms with Crippen LogP contribution < -0.4 is 10.5 Å². The van der Waals surface area contributed by atoms with Gasteiger partial charge >= 0.3 is 0 Å². The van der Waals surface area contributed by atoms with Crippen molar-refractivity contribution in [3.8, 4) is 5.75 Å². The van der Waals surface area contributed by atoms with Gasteiger partial charge in [-0.3, -0.25) is 4.79 Å². The Balaban J connectivity index is 2.30. The van der Waals surface area contributed by atoms with Crippen molar-refractivity contribution in [3.05, 3.63) is 29.6 Å². The Bertz CT molecular complexity index is 479. The molecule has 2 unspecified atom stereocenters. The molecule has 0 aromatic heterocycles. The van der Waals surface area contributed by atoms with Gasteiger partial charge in [0.25, 0.3) is 5.91 Å². The molecule has 1 saturated heterocycles. The van der Waals surface area contributed by atoms with E-state index in [1.807, 2.05) is 6.92 Å². The van der Waals surface area contributed by atoms with Gasteiger partial charge in [-0.05, 0) is 37.9 Å². The molecule has 5 heteroatoms. The van der Waals surface area contributed by atoms with Crippen LogP contribution in [0.1, 0.15) is 23.7 Å². The molecule has 0 radical (unpaired) electrons. The van der Waals surface area contributed by atoms with Gasteiger partial charge in [-0.1, -0.05) is 6.07 Å². The Hall–Kier alpha value is -1.62. The largest absolute Gasteiger partial charge is 0.496 e. The molecule has 0 aliphatic carbocycles. The maximum atomic E-state index is 13.9. The van der Waals surface area contributed by atoms with Crippen molar-refractivity contribution in [1.29, 1.82) is 0 Å². The maximum absolute atomic E-state index is 13.9. The molecule has 2 rings (SSSR count). The highest BCUT2D eigenvalue weighted by molar-refractivity contribution is 5.97. The third-order valence-electron chi connectivity index (χ3n) is 3.66. The number of benzene rings is 1. The molecular formula is C14H19FN2O2. The SMILES string of the molecule is COc1cccc(F)c1C(=O)N1CC(CN)CC1C. The van der Waals surface area contributed by atoms with Crippen LogP contribution in [0.25, 0.3) is 0 Å². The summed E-state index contributed by atoms with van der Waals surface area (Å²) < 4.78 is 19.0. The highest BCUT2D eigenvalue weighted by atomic mass is 19.1. The van der Waals surface area contributed by atoms with Crippen LogP contribution in [0.3, 0.4) is 0 Å². The smallest absolute Gasteiger partial charge is 0.260 e. The topological polar surface area (TPSA) is 55.6 Å². The van der Waals surface area contributed by atoms with Crippen LogP contribution in [0, 0.1) is 11.7 Å². The van der Waals surface area contributed by atoms with Crippen molar-refractivity contribution >= 4 is 5.91 Å². The summed E-state index contributed by atoms with van der Waals surface area (Å²) in [5, 5.41) is 0. The third-order valence-corrected chi connectivity index (χ3v) is 3.66. The molecule has 1 aliphatic rings. The molecule has 104 valence electrons. The lowest BCUT2D eigenvalue weighted by Gasteiger charge is -2.22. The minimum atomic E-state index is -0.548. The van der Waals surface area contributed by atoms with Gasteiger partial charge in [0.05, 0.1) is 7.11 Å². The van der Waals surface area contributed by atoms with Crippen molar-refractivity contribution in [2.75, 3.05) is 20.2 Å². The highest BCUT2D eigenvalue weighted by Crippen LogP contribution is 2.28. The average Bonchev–Trinajstić information content (AvgIpc) is 2.79. The summed E-state index contributed by atoms with van der Waals surface area (Å²) >= 11 is 0. The number of ether oxygens (including phenoxy) is 1. The molecule has 2 N–H and O–H groups in total. The van der Waals surface area contributed by atoms with Gasteiger partial charge in [-0.2, -0.15) is 0 Å². The lowest BCUT2D eigenvalue weighted by Crippen LogP contribution is -2.35. The van der Waals surface area contributed by atoms with E-state index in [1.54, 1.807) is 11.0 Å². The van der Waals surface area contributed by atoms with E-state index in [4.69, 9.17) is 10.5 Å². The number of amides is 1. The van der Waals surface area contributed by atoms with Crippen LogP contribution in [-0.4, -0.2) is 37.0 Å². The number of nitrogens with zero attached hydrogens (tertiary/aromatic N) is 1. The standard InChI is InChI=1S/C14H19FN2O2/c1-9-6-10(7-16)8-17(9)14(18)13-11(15)4-3-5-12(13)19-2/h3-5,9-10H,6-8,16H2,1-2H3. The number of hydrogen-bond acceptors (Lipinski definition) is 3. The fourth-order valence-corrected chi connectivity index (χ4v) is 2.62. The van der Waals surface area contributed by atoms with Gasteiger partial charge in [-0.25, -0.2) is 4.39 Å². The zero-order valence-electron chi connectivity index (χ0n) is 11.2. The fraction of sp³-hybridized carbons (Fsp3) is 0.500. The predicted molar refractivity (Wildman–Crippen MR) is 70.6 cm³/mol. The van der Waals surface area contributed by atoms with E-state index in [1.165, 1.54) is 19.2 Å². The molecule has 1 aliphatic heterocycles. The molecule has 2 atom stereocenters. The van der Waals surface area contributed by atoms with E-state index < -0.39 is 5.82 Å². The first kappa shape index (κ1) is 13.8. The number of methoxy groups -OCH3 is 1. The third kappa shape index (κ3) is 2.56. The molecule has 1 heterocycles. The molecule has 19 heavy (non-hydrogen) atoms. The van der Waals surface area contributed by atoms with Gasteiger partial charge in [0, 0.05) is 12.6 Å². The van der Waals surface area contributed by atoms with Gasteiger partial charge in [0.1, 0.15) is 17.1 Å². The summed E-state index contributed by atoms with van der Waals surface area (Å²) in [7, 11) is 1.43. The molecule has 1 amide bonds. The average molecular weight is 266 g/mol. The first-order valence-electron chi connectivity index (χ1n) is 6.42. The van der Waals surface area contributed by atoms with E-state index >= 15 is 0 Å². The quantitative estimate of drug-likeness (QED) is 0.905. The maximum Gasteiger partial charge on any atom is 0.260 e. The van der Waals surface area contributed by atoms with Gasteiger partial charge in [0.2, 0.25) is 0 Å². The van der Waals surface area contributed by atoms with E-state index in [0.29, 0.717) is 13.1 Å². The first-order valence-corrected chi connectivity index (χ1v) is 6.42. The van der Waals surface area contributed by atoms with E-state index in [9.17, 15) is 9.18 Å². The second-order valence-corrected chi connectivity index (χ2v) is 4.96. The lowest BCUT2D eigenvalue weighted by molar-refractivity contribution is 0.0735. The van der Waals surface area contributed by atoms with E-state index in [2.05, 4.69) is 0 Å². The molecule has 1 fully saturated rings. The van der Waals surface area contributed by atoms with Crippen molar-refractivity contribution in [3.63, 3.8) is 0 Å². The van der Waals surface area contributed by atoms with Gasteiger partial charge < -0.3 is 15.4 Å². The van der Waals surface area contributed by atoms with Crippen LogP contribution in [0.15, 0.2) is 18.2 Å². The predicted octanol–water partition coefficient (Wildman–Crippen LogP) is 1.64. The summed E-state index contributed by atoms with van der Waals surface area (Å²) in [6, 6.07) is 4.47. The number of rotatable bonds is 3. The summed E-state index contributed by atoms with van der Waals surface area (Å²) in [5.74, 6) is -0.309. The second-order valence-electron chi connectivity index (χ2n) is 4.96. The van der Waals surface area contributed by atoms with Crippen LogP contribution in [0.4, 0.5) is 4.39 Å². The highest BCUT2D eigenvalue weighted by Gasteiger charge is 2.34. The Morgan fingerprint density at radius 3 is 2.89 bits per heavy atom. The fourth-order valence-electron chi connectivity index (χ4n) is 2.62. The second kappa shape index (κ2) is 5.57. The number of carbonyl (C=O) groups is 1. The number of hydrogen-bond donors (Lipinski definition) is 1. The number of halogens is 1. The Morgan fingerprint density at radius 2 is 2.32 bits per heavy atom. The summed E-state index contributed by atoms with van der Waals surface area (Å²) in [4.78, 5) is 14.2. The van der Waals surface area contributed by atoms with E-state index in [-0.39, 0.29) is 29.2 Å². The van der Waals surface area contributed by atoms with Crippen LogP contribution in [0.2, 0.25) is 0 Å². The van der Waals surface area contributed by atoms with Crippen molar-refractivity contribution < 1.29 is 13.9 Å². The van der Waals surface area contributed by atoms with Crippen molar-refractivity contribution in [2.45, 2.75) is 19.4 Å². The Morgan fingerprint density at radius 1 is 1.58 bits per heavy atom. The molecule has 1 aromatic carbocycles. The van der Waals surface area contributed by atoms with Crippen molar-refractivity contribution in [2.24, 2.45) is 11.7 Å². The summed E-state index contributed by atoms with van der Waals surface area (Å²) in [6.07, 6.45) is 0.860. The summed E-state index contributed by atoms with van der Waals surface area (Å²) in [5.41, 5.74) is 5.66. The van der Waals surface area contributed by atoms with Crippen LogP contribution in [0.5, 0.6) is 5.75 Å². The zero-order valence-corrected chi connectivity index (χ0v) is 11.2. The number of nitrogens with two attached hydrogens (primary N) is 1. The van der Waals surface area contributed by atoms with Crippen LogP contribution in [-0.2, 0) is 0 Å². The lowest BCUT2D eigenvalue weighted by atomic mass is 10.1. The minimum absolute atomic E-state index is 0.00882. The molecule has 0 saturated carbocycles. The zero-order chi connectivity index (χ0) is 14.0. The van der Waals surface area contributed by atoms with E-state index in [0.717, 1.165) is 6.42 Å². The van der Waals surface area contributed by atoms with Gasteiger partial charge in [0.15, 0.2) is 0 Å². The molecule has 1 aromatic rings. The van der Waals surface area contributed by atoms with Crippen LogP contribution >= 0.6 is 0 Å². The summed E-state index contributed by atoms with van der Waals surface area (Å²) in [6.45, 7) is 3.08. The first-order chi connectivity index (χ1) is 9.08. The molecule has 0 bridgehead atoms. The Labute approximate surface area is 112 Å². The number of carbonyl (C=O) groups excluding carboxylic acids is 1. The normalized spacial score (nSPS) is 22.6. The molecule has 0 spiro atoms. The Kier molecular flexibility index (Phi) is 4.04. The molecular weight excluding hydrogens is 247 g/mol. The van der Waals surface area contributed by atoms with Gasteiger partial charge in [-0.15, -0.1) is 0 Å². The monoisotopic (exact) mass is 266 g/mol.